The largest absolute Gasteiger partial charge is 0.477 e. The van der Waals surface area contributed by atoms with Crippen LogP contribution in [0.15, 0.2) is 0 Å². The first-order chi connectivity index (χ1) is 5.82. The molecular weight excluding hydrogens is 209 g/mol. The van der Waals surface area contributed by atoms with E-state index >= 15 is 0 Å². The molecule has 0 saturated heterocycles. The highest BCUT2D eigenvalue weighted by Gasteiger charge is 2.37. The van der Waals surface area contributed by atoms with E-state index in [4.69, 9.17) is 5.11 Å². The third-order valence-corrected chi connectivity index (χ3v) is 1.43. The summed E-state index contributed by atoms with van der Waals surface area (Å²) in [6.45, 7) is 0. The molecule has 13 heavy (non-hydrogen) atoms. The van der Waals surface area contributed by atoms with E-state index in [1.807, 2.05) is 4.98 Å². The van der Waals surface area contributed by atoms with Crippen molar-refractivity contribution in [1.29, 1.82) is 0 Å². The summed E-state index contributed by atoms with van der Waals surface area (Å²) in [6, 6.07) is 0. The van der Waals surface area contributed by atoms with Crippen LogP contribution in [0.25, 0.3) is 0 Å². The fourth-order valence-electron chi connectivity index (χ4n) is 0.756. The SMILES string of the molecule is O=C(O)c1[nH]c(=S)[nH]c1C(F)(F)F. The van der Waals surface area contributed by atoms with Gasteiger partial charge in [-0.15, -0.1) is 0 Å². The Bertz CT molecular complexity index is 391. The first-order valence-electron chi connectivity index (χ1n) is 2.95. The van der Waals surface area contributed by atoms with Crippen molar-refractivity contribution < 1.29 is 23.1 Å². The lowest BCUT2D eigenvalue weighted by molar-refractivity contribution is -0.141. The summed E-state index contributed by atoms with van der Waals surface area (Å²) in [5.74, 6) is -1.71. The molecule has 8 heteroatoms. The van der Waals surface area contributed by atoms with E-state index in [9.17, 15) is 18.0 Å². The summed E-state index contributed by atoms with van der Waals surface area (Å²) in [5, 5.41) is 8.34. The van der Waals surface area contributed by atoms with Crippen LogP contribution in [0, 0.1) is 4.77 Å². The molecule has 0 aromatic carbocycles. The number of H-pyrrole nitrogens is 2. The van der Waals surface area contributed by atoms with E-state index in [-0.39, 0.29) is 4.77 Å². The molecular formula is C5H3F3N2O2S. The summed E-state index contributed by atoms with van der Waals surface area (Å²) < 4.78 is 35.8. The summed E-state index contributed by atoms with van der Waals surface area (Å²) >= 11 is 4.33. The third kappa shape index (κ3) is 1.89. The fraction of sp³-hybridized carbons (Fsp3) is 0.200. The number of carboxylic acids is 1. The van der Waals surface area contributed by atoms with Gasteiger partial charge in [-0.3, -0.25) is 0 Å². The maximum Gasteiger partial charge on any atom is 0.433 e. The molecule has 0 spiro atoms. The summed E-state index contributed by atoms with van der Waals surface area (Å²) in [6.07, 6.45) is -4.75. The molecule has 1 aromatic rings. The van der Waals surface area contributed by atoms with Crippen molar-refractivity contribution in [3.8, 4) is 0 Å². The van der Waals surface area contributed by atoms with Crippen LogP contribution >= 0.6 is 12.2 Å². The first-order valence-corrected chi connectivity index (χ1v) is 3.36. The molecule has 0 amide bonds. The molecule has 4 nitrogen and oxygen atoms in total. The molecule has 0 atom stereocenters. The van der Waals surface area contributed by atoms with Crippen molar-refractivity contribution in [1.82, 2.24) is 9.97 Å². The highest BCUT2D eigenvalue weighted by atomic mass is 32.1. The number of rotatable bonds is 1. The second kappa shape index (κ2) is 2.87. The van der Waals surface area contributed by atoms with Gasteiger partial charge in [-0.1, -0.05) is 0 Å². The number of hydrogen-bond acceptors (Lipinski definition) is 2. The quantitative estimate of drug-likeness (QED) is 0.621. The number of aromatic amines is 2. The van der Waals surface area contributed by atoms with E-state index in [0.717, 1.165) is 0 Å². The predicted octanol–water partition coefficient (Wildman–Crippen LogP) is 1.79. The van der Waals surface area contributed by atoms with Crippen LogP contribution in [0.1, 0.15) is 16.2 Å². The fourth-order valence-corrected chi connectivity index (χ4v) is 0.960. The normalized spacial score (nSPS) is 11.6. The van der Waals surface area contributed by atoms with Crippen LogP contribution in [0.5, 0.6) is 0 Å². The van der Waals surface area contributed by atoms with Crippen LogP contribution in [0.4, 0.5) is 13.2 Å². The summed E-state index contributed by atoms with van der Waals surface area (Å²) in [4.78, 5) is 13.9. The molecule has 1 heterocycles. The number of aromatic nitrogens is 2. The predicted molar refractivity (Wildman–Crippen MR) is 37.9 cm³/mol. The number of aromatic carboxylic acids is 1. The van der Waals surface area contributed by atoms with Gasteiger partial charge in [-0.05, 0) is 12.2 Å². The van der Waals surface area contributed by atoms with E-state index in [1.54, 1.807) is 4.98 Å². The van der Waals surface area contributed by atoms with Crippen LogP contribution in [0.3, 0.4) is 0 Å². The molecule has 0 aliphatic rings. The zero-order valence-corrected chi connectivity index (χ0v) is 6.71. The van der Waals surface area contributed by atoms with E-state index in [1.165, 1.54) is 0 Å². The Morgan fingerprint density at radius 2 is 1.92 bits per heavy atom. The third-order valence-electron chi connectivity index (χ3n) is 1.22. The Kier molecular flexibility index (Phi) is 2.16. The van der Waals surface area contributed by atoms with Gasteiger partial charge >= 0.3 is 12.1 Å². The Morgan fingerprint density at radius 1 is 1.38 bits per heavy atom. The summed E-state index contributed by atoms with van der Waals surface area (Å²) in [7, 11) is 0. The zero-order chi connectivity index (χ0) is 10.2. The van der Waals surface area contributed by atoms with Crippen LogP contribution in [-0.4, -0.2) is 21.0 Å². The maximum absolute atomic E-state index is 12.1. The molecule has 1 aromatic heterocycles. The van der Waals surface area contributed by atoms with Gasteiger partial charge in [-0.2, -0.15) is 13.2 Å². The van der Waals surface area contributed by atoms with Gasteiger partial charge in [-0.25, -0.2) is 4.79 Å². The van der Waals surface area contributed by atoms with Crippen LogP contribution in [-0.2, 0) is 6.18 Å². The van der Waals surface area contributed by atoms with Gasteiger partial charge in [0.25, 0.3) is 0 Å². The molecule has 0 aliphatic heterocycles. The van der Waals surface area contributed by atoms with Crippen molar-refractivity contribution in [2.45, 2.75) is 6.18 Å². The smallest absolute Gasteiger partial charge is 0.433 e. The minimum atomic E-state index is -4.75. The molecule has 1 rings (SSSR count). The Balaban J connectivity index is 3.36. The van der Waals surface area contributed by atoms with Crippen molar-refractivity contribution >= 4 is 18.2 Å². The molecule has 0 fully saturated rings. The number of carboxylic acid groups (broad SMARTS) is 1. The van der Waals surface area contributed by atoms with Crippen LogP contribution < -0.4 is 0 Å². The van der Waals surface area contributed by atoms with Crippen molar-refractivity contribution in [3.63, 3.8) is 0 Å². The number of hydrogen-bond donors (Lipinski definition) is 3. The zero-order valence-electron chi connectivity index (χ0n) is 5.90. The minimum Gasteiger partial charge on any atom is -0.477 e. The molecule has 72 valence electrons. The Hall–Kier alpha value is -1.31. The van der Waals surface area contributed by atoms with Crippen LogP contribution in [0.2, 0.25) is 0 Å². The van der Waals surface area contributed by atoms with Crippen molar-refractivity contribution in [2.24, 2.45) is 0 Å². The number of carbonyl (C=O) groups is 1. The first kappa shape index (κ1) is 9.78. The molecule has 0 radical (unpaired) electrons. The minimum absolute atomic E-state index is 0.371. The lowest BCUT2D eigenvalue weighted by Crippen LogP contribution is -2.12. The van der Waals surface area contributed by atoms with E-state index < -0.39 is 23.5 Å². The monoisotopic (exact) mass is 212 g/mol. The molecule has 0 saturated carbocycles. The number of nitrogens with one attached hydrogen (secondary N) is 2. The Labute approximate surface area is 74.4 Å². The van der Waals surface area contributed by atoms with Gasteiger partial charge in [0.15, 0.2) is 16.2 Å². The highest BCUT2D eigenvalue weighted by molar-refractivity contribution is 7.71. The molecule has 0 aliphatic carbocycles. The molecule has 3 N–H and O–H groups in total. The second-order valence-electron chi connectivity index (χ2n) is 2.13. The lowest BCUT2D eigenvalue weighted by Gasteiger charge is -2.03. The number of halogens is 3. The van der Waals surface area contributed by atoms with Gasteiger partial charge in [0, 0.05) is 0 Å². The molecule has 0 unspecified atom stereocenters. The average molecular weight is 212 g/mol. The van der Waals surface area contributed by atoms with Gasteiger partial charge in [0.1, 0.15) is 0 Å². The average Bonchev–Trinajstić information content (AvgIpc) is 2.29. The lowest BCUT2D eigenvalue weighted by atomic mass is 10.3. The van der Waals surface area contributed by atoms with E-state index in [0.29, 0.717) is 0 Å². The van der Waals surface area contributed by atoms with Gasteiger partial charge < -0.3 is 15.1 Å². The Morgan fingerprint density at radius 3 is 2.23 bits per heavy atom. The number of alkyl halides is 3. The maximum atomic E-state index is 12.1. The highest BCUT2D eigenvalue weighted by Crippen LogP contribution is 2.29. The summed E-state index contributed by atoms with van der Waals surface area (Å²) in [5.41, 5.74) is -2.34. The topological polar surface area (TPSA) is 68.9 Å². The molecule has 0 bridgehead atoms. The van der Waals surface area contributed by atoms with Crippen molar-refractivity contribution in [2.75, 3.05) is 0 Å². The van der Waals surface area contributed by atoms with Gasteiger partial charge in [0.2, 0.25) is 0 Å². The van der Waals surface area contributed by atoms with Gasteiger partial charge in [0.05, 0.1) is 0 Å². The number of imidazole rings is 1. The second-order valence-corrected chi connectivity index (χ2v) is 2.54. The van der Waals surface area contributed by atoms with E-state index in [2.05, 4.69) is 12.2 Å². The standard InChI is InChI=1S/C5H3F3N2O2S/c6-5(7,8)2-1(3(11)12)9-4(13)10-2/h(H,11,12)(H2,9,10,13). The van der Waals surface area contributed by atoms with Crippen molar-refractivity contribution in [3.05, 3.63) is 16.2 Å².